The number of esters is 1. The molecule has 12 nitrogen and oxygen atoms in total. The van der Waals surface area contributed by atoms with Crippen LogP contribution in [0.4, 0.5) is 5.69 Å². The Labute approximate surface area is 220 Å². The maximum atomic E-state index is 13.8. The zero-order chi connectivity index (χ0) is 27.2. The molecule has 0 aliphatic carbocycles. The summed E-state index contributed by atoms with van der Waals surface area (Å²) in [5, 5.41) is 23.0. The number of aromatic hydroxyl groups is 1. The number of hydrogen-bond donors (Lipinski definition) is 2. The summed E-state index contributed by atoms with van der Waals surface area (Å²) in [4.78, 5) is 53.3. The summed E-state index contributed by atoms with van der Waals surface area (Å²) < 4.78 is 6.37. The molecule has 0 aliphatic rings. The lowest BCUT2D eigenvalue weighted by Gasteiger charge is -2.22. The zero-order valence-corrected chi connectivity index (χ0v) is 21.3. The van der Waals surface area contributed by atoms with E-state index in [9.17, 15) is 24.8 Å². The number of imidazole rings is 1. The number of aryl methyl sites for hydroxylation is 2. The highest BCUT2D eigenvalue weighted by Gasteiger charge is 2.30. The topological polar surface area (TPSA) is 166 Å². The van der Waals surface area contributed by atoms with Crippen LogP contribution in [-0.4, -0.2) is 47.6 Å². The number of methoxy groups -OCH3 is 1. The molecule has 3 aromatic heterocycles. The lowest BCUT2D eigenvalue weighted by molar-refractivity contribution is -0.385. The van der Waals surface area contributed by atoms with Gasteiger partial charge in [0.1, 0.15) is 5.75 Å². The second-order valence-corrected chi connectivity index (χ2v) is 9.32. The Morgan fingerprint density at radius 1 is 1.29 bits per heavy atom. The smallest absolute Gasteiger partial charge is 0.306 e. The number of nitrogens with one attached hydrogen (secondary N) is 1. The van der Waals surface area contributed by atoms with E-state index in [0.29, 0.717) is 27.7 Å². The van der Waals surface area contributed by atoms with E-state index in [4.69, 9.17) is 4.74 Å². The summed E-state index contributed by atoms with van der Waals surface area (Å²) in [7, 11) is 1.21. The van der Waals surface area contributed by atoms with Crippen LogP contribution in [0.2, 0.25) is 0 Å². The van der Waals surface area contributed by atoms with E-state index < -0.39 is 22.4 Å². The van der Waals surface area contributed by atoms with Crippen LogP contribution >= 0.6 is 11.8 Å². The van der Waals surface area contributed by atoms with Crippen LogP contribution in [0.25, 0.3) is 0 Å². The van der Waals surface area contributed by atoms with Crippen LogP contribution < -0.4 is 5.56 Å². The summed E-state index contributed by atoms with van der Waals surface area (Å²) in [6.07, 6.45) is 6.42. The molecule has 196 valence electrons. The fourth-order valence-corrected chi connectivity index (χ4v) is 4.98. The maximum absolute atomic E-state index is 13.8. The van der Waals surface area contributed by atoms with Gasteiger partial charge in [-0.1, -0.05) is 0 Å². The highest BCUT2D eigenvalue weighted by molar-refractivity contribution is 7.99. The van der Waals surface area contributed by atoms with E-state index in [1.807, 2.05) is 0 Å². The van der Waals surface area contributed by atoms with Crippen molar-refractivity contribution in [2.45, 2.75) is 42.3 Å². The van der Waals surface area contributed by atoms with Gasteiger partial charge in [0, 0.05) is 65.9 Å². The molecule has 0 saturated heterocycles. The number of nitro benzene ring substituents is 1. The average Bonchev–Trinajstić information content (AvgIpc) is 3.42. The molecule has 1 unspecified atom stereocenters. The summed E-state index contributed by atoms with van der Waals surface area (Å²) in [6, 6.07) is 7.23. The van der Waals surface area contributed by atoms with Gasteiger partial charge in [0.2, 0.25) is 0 Å². The average molecular weight is 537 g/mol. The van der Waals surface area contributed by atoms with Gasteiger partial charge in [0.15, 0.2) is 5.16 Å². The number of pyridine rings is 1. The largest absolute Gasteiger partial charge is 0.507 e. The molecule has 4 rings (SSSR count). The van der Waals surface area contributed by atoms with Crippen LogP contribution in [-0.2, 0) is 22.5 Å². The Morgan fingerprint density at radius 3 is 2.71 bits per heavy atom. The molecule has 0 bridgehead atoms. The van der Waals surface area contributed by atoms with Crippen molar-refractivity contribution in [3.05, 3.63) is 98.2 Å². The number of carbonyl (C=O) groups is 1. The molecule has 1 aromatic carbocycles. The fraction of sp³-hybridized carbons (Fsp3) is 0.240. The Balaban J connectivity index is 1.88. The molecular weight excluding hydrogens is 512 g/mol. The highest BCUT2D eigenvalue weighted by Crippen LogP contribution is 2.40. The van der Waals surface area contributed by atoms with Crippen LogP contribution in [0.3, 0.4) is 0 Å². The summed E-state index contributed by atoms with van der Waals surface area (Å²) >= 11 is 1.12. The number of carbonyl (C=O) groups excluding carboxylic acids is 1. The SMILES string of the molecule is COC(=O)CC(c1cc([N+](=O)[O-])ccc1Sc1ncccn1)c1c(O)cc(C)n(CCc2cnc[nH]2)c1=O. The first-order valence-electron chi connectivity index (χ1n) is 11.5. The number of benzene rings is 1. The third kappa shape index (κ3) is 5.89. The minimum atomic E-state index is -1.06. The molecule has 0 aliphatic heterocycles. The molecule has 0 radical (unpaired) electrons. The number of hydrogen-bond acceptors (Lipinski definition) is 10. The van der Waals surface area contributed by atoms with Gasteiger partial charge in [-0.05, 0) is 42.4 Å². The molecule has 0 spiro atoms. The Bertz CT molecular complexity index is 1510. The van der Waals surface area contributed by atoms with Crippen molar-refractivity contribution < 1.29 is 19.6 Å². The first-order chi connectivity index (χ1) is 18.3. The highest BCUT2D eigenvalue weighted by atomic mass is 32.2. The molecule has 4 aromatic rings. The van der Waals surface area contributed by atoms with Crippen LogP contribution in [0.15, 0.2) is 70.1 Å². The van der Waals surface area contributed by atoms with Crippen molar-refractivity contribution in [3.63, 3.8) is 0 Å². The lowest BCUT2D eigenvalue weighted by Crippen LogP contribution is -2.29. The quantitative estimate of drug-likeness (QED) is 0.133. The molecule has 3 heterocycles. The summed E-state index contributed by atoms with van der Waals surface area (Å²) in [5.41, 5.74) is 0.797. The summed E-state index contributed by atoms with van der Waals surface area (Å²) in [5.74, 6) is -2.03. The minimum absolute atomic E-state index is 0.0676. The van der Waals surface area contributed by atoms with Gasteiger partial charge in [-0.2, -0.15) is 0 Å². The van der Waals surface area contributed by atoms with E-state index in [1.54, 1.807) is 31.6 Å². The molecule has 2 N–H and O–H groups in total. The van der Waals surface area contributed by atoms with Gasteiger partial charge < -0.3 is 19.4 Å². The van der Waals surface area contributed by atoms with Gasteiger partial charge in [0.05, 0.1) is 30.3 Å². The second kappa shape index (κ2) is 11.7. The van der Waals surface area contributed by atoms with Crippen LogP contribution in [0.5, 0.6) is 5.75 Å². The Kier molecular flexibility index (Phi) is 8.16. The number of aromatic nitrogens is 5. The first kappa shape index (κ1) is 26.5. The van der Waals surface area contributed by atoms with Gasteiger partial charge in [-0.3, -0.25) is 19.7 Å². The maximum Gasteiger partial charge on any atom is 0.306 e. The van der Waals surface area contributed by atoms with E-state index in [0.717, 1.165) is 17.5 Å². The molecule has 13 heteroatoms. The van der Waals surface area contributed by atoms with Crippen molar-refractivity contribution in [2.75, 3.05) is 7.11 Å². The van der Waals surface area contributed by atoms with Crippen molar-refractivity contribution >= 4 is 23.4 Å². The molecule has 0 amide bonds. The predicted octanol–water partition coefficient (Wildman–Crippen LogP) is 3.37. The van der Waals surface area contributed by atoms with Crippen molar-refractivity contribution in [1.29, 1.82) is 0 Å². The number of ether oxygens (including phenoxy) is 1. The monoisotopic (exact) mass is 536 g/mol. The van der Waals surface area contributed by atoms with Crippen LogP contribution in [0, 0.1) is 17.0 Å². The first-order valence-corrected chi connectivity index (χ1v) is 12.3. The van der Waals surface area contributed by atoms with Crippen molar-refractivity contribution in [2.24, 2.45) is 0 Å². The lowest BCUT2D eigenvalue weighted by atomic mass is 9.88. The third-order valence-electron chi connectivity index (χ3n) is 5.95. The second-order valence-electron chi connectivity index (χ2n) is 8.31. The van der Waals surface area contributed by atoms with E-state index in [-0.39, 0.29) is 30.0 Å². The third-order valence-corrected chi connectivity index (χ3v) is 6.94. The molecular formula is C25H24N6O6S. The number of non-ortho nitro benzene ring substituents is 1. The zero-order valence-electron chi connectivity index (χ0n) is 20.5. The van der Waals surface area contributed by atoms with E-state index in [2.05, 4.69) is 19.9 Å². The van der Waals surface area contributed by atoms with E-state index in [1.165, 1.54) is 42.3 Å². The Morgan fingerprint density at radius 2 is 2.05 bits per heavy atom. The standard InChI is InChI=1S/C25H24N6O6S/c1-15-10-20(32)23(24(34)30(15)9-6-16-13-26-14-29-16)19(12-22(33)37-2)18-11-17(31(35)36)4-5-21(18)38-25-27-7-3-8-28-25/h3-5,7-8,10-11,13-14,19,32H,6,9,12H2,1-2H3,(H,26,29). The number of nitro groups is 1. The number of rotatable bonds is 10. The number of nitrogens with zero attached hydrogens (tertiary/aromatic N) is 5. The molecule has 0 fully saturated rings. The molecule has 1 atom stereocenters. The van der Waals surface area contributed by atoms with E-state index >= 15 is 0 Å². The van der Waals surface area contributed by atoms with Gasteiger partial charge >= 0.3 is 5.97 Å². The minimum Gasteiger partial charge on any atom is -0.507 e. The normalized spacial score (nSPS) is 11.7. The van der Waals surface area contributed by atoms with Crippen molar-refractivity contribution in [1.82, 2.24) is 24.5 Å². The molecule has 38 heavy (non-hydrogen) atoms. The number of H-pyrrole nitrogens is 1. The van der Waals surface area contributed by atoms with Gasteiger partial charge in [0.25, 0.3) is 11.2 Å². The number of aromatic amines is 1. The fourth-order valence-electron chi connectivity index (χ4n) is 4.10. The molecule has 0 saturated carbocycles. The van der Waals surface area contributed by atoms with Gasteiger partial charge in [-0.25, -0.2) is 15.0 Å². The van der Waals surface area contributed by atoms with Crippen LogP contribution in [0.1, 0.15) is 34.9 Å². The predicted molar refractivity (Wildman–Crippen MR) is 137 cm³/mol. The van der Waals surface area contributed by atoms with Gasteiger partial charge in [-0.15, -0.1) is 0 Å². The Hall–Kier alpha value is -4.52. The summed E-state index contributed by atoms with van der Waals surface area (Å²) in [6.45, 7) is 1.97. The van der Waals surface area contributed by atoms with Crippen molar-refractivity contribution in [3.8, 4) is 5.75 Å².